The van der Waals surface area contributed by atoms with Crippen LogP contribution < -0.4 is 0 Å². The minimum Gasteiger partial charge on any atom is -0.463 e. The monoisotopic (exact) mass is 832 g/mol. The summed E-state index contributed by atoms with van der Waals surface area (Å²) >= 11 is 0. The third-order valence-electron chi connectivity index (χ3n) is 12.1. The van der Waals surface area contributed by atoms with Gasteiger partial charge < -0.3 is 28.4 Å². The molecule has 6 atom stereocenters. The number of ether oxygens (including phenoxy) is 6. The molecule has 1 aromatic carbocycles. The first-order valence-electron chi connectivity index (χ1n) is 22.3. The van der Waals surface area contributed by atoms with Crippen LogP contribution in [-0.2, 0) is 48.1 Å². The summed E-state index contributed by atoms with van der Waals surface area (Å²) in [6.07, 6.45) is 0. The molecule has 60 heavy (non-hydrogen) atoms. The smallest absolute Gasteiger partial charge is 0.296 e. The highest BCUT2D eigenvalue weighted by Gasteiger charge is 2.37. The molecule has 6 aliphatic heterocycles. The van der Waals surface area contributed by atoms with Crippen molar-refractivity contribution in [1.29, 1.82) is 0 Å². The van der Waals surface area contributed by atoms with Crippen molar-refractivity contribution < 1.29 is 28.4 Å². The van der Waals surface area contributed by atoms with E-state index in [4.69, 9.17) is 58.4 Å². The van der Waals surface area contributed by atoms with Gasteiger partial charge in [-0.05, 0) is 52.2 Å². The number of nitrogens with zero attached hydrogens (tertiary/aromatic N) is 9. The van der Waals surface area contributed by atoms with Gasteiger partial charge in [-0.15, -0.1) is 0 Å². The van der Waals surface area contributed by atoms with Crippen LogP contribution in [0.1, 0.15) is 99.8 Å². The Bertz CT molecular complexity index is 1550. The number of hydrogen-bond acceptors (Lipinski definition) is 15. The van der Waals surface area contributed by atoms with Crippen LogP contribution in [0.5, 0.6) is 0 Å². The van der Waals surface area contributed by atoms with Crippen molar-refractivity contribution in [1.82, 2.24) is 14.7 Å². The Morgan fingerprint density at radius 1 is 0.350 bits per heavy atom. The molecule has 6 aliphatic rings. The number of aliphatic imine (C=N–C) groups is 6. The van der Waals surface area contributed by atoms with E-state index < -0.39 is 0 Å². The van der Waals surface area contributed by atoms with Crippen LogP contribution in [0.25, 0.3) is 0 Å². The molecule has 0 N–H and O–H groups in total. The molecular weight excluding hydrogens is 763 g/mol. The van der Waals surface area contributed by atoms with Gasteiger partial charge in [0.1, 0.15) is 39.6 Å². The maximum atomic E-state index is 6.32. The van der Waals surface area contributed by atoms with Gasteiger partial charge in [-0.1, -0.05) is 101 Å². The minimum absolute atomic E-state index is 0.0433. The van der Waals surface area contributed by atoms with Crippen molar-refractivity contribution in [3.05, 3.63) is 34.9 Å². The number of hydrogen-bond donors (Lipinski definition) is 0. The zero-order valence-electron chi connectivity index (χ0n) is 38.0. The maximum absolute atomic E-state index is 6.32. The van der Waals surface area contributed by atoms with Crippen LogP contribution in [0, 0.1) is 35.5 Å². The average molecular weight is 832 g/mol. The molecule has 0 radical (unpaired) electrons. The number of benzene rings is 1. The van der Waals surface area contributed by atoms with Crippen LogP contribution in [0.4, 0.5) is 0 Å². The molecule has 1 aromatic rings. The van der Waals surface area contributed by atoms with Gasteiger partial charge in [-0.2, -0.15) is 0 Å². The second kappa shape index (κ2) is 18.6. The van der Waals surface area contributed by atoms with E-state index >= 15 is 0 Å². The third-order valence-corrected chi connectivity index (χ3v) is 12.1. The van der Waals surface area contributed by atoms with E-state index in [1.54, 1.807) is 0 Å². The molecule has 15 heteroatoms. The van der Waals surface area contributed by atoms with Gasteiger partial charge in [0, 0.05) is 0 Å². The van der Waals surface area contributed by atoms with Crippen LogP contribution in [-0.4, -0.2) is 127 Å². The second-order valence-corrected chi connectivity index (χ2v) is 19.1. The topological polar surface area (TPSA) is 139 Å². The van der Waals surface area contributed by atoms with Crippen LogP contribution in [0.3, 0.4) is 0 Å². The summed E-state index contributed by atoms with van der Waals surface area (Å²) in [6, 6.07) is 10.0. The fraction of sp³-hybridized carbons (Fsp3) is 0.733. The van der Waals surface area contributed by atoms with Crippen molar-refractivity contribution >= 4 is 36.1 Å². The fourth-order valence-corrected chi connectivity index (χ4v) is 7.50. The summed E-state index contributed by atoms with van der Waals surface area (Å²) in [4.78, 5) is 36.3. The fourth-order valence-electron chi connectivity index (χ4n) is 7.50. The average Bonchev–Trinajstić information content (AvgIpc) is 4.06. The van der Waals surface area contributed by atoms with E-state index in [1.807, 2.05) is 14.7 Å². The lowest BCUT2D eigenvalue weighted by Crippen LogP contribution is -2.38. The molecule has 15 nitrogen and oxygen atoms in total. The molecule has 0 bridgehead atoms. The van der Waals surface area contributed by atoms with E-state index in [-0.39, 0.29) is 36.3 Å². The normalized spacial score (nSPS) is 26.1. The summed E-state index contributed by atoms with van der Waals surface area (Å²) < 4.78 is 37.9. The molecule has 0 fully saturated rings. The molecule has 0 unspecified atom stereocenters. The molecule has 0 saturated heterocycles. The van der Waals surface area contributed by atoms with E-state index in [2.05, 4.69) is 101 Å². The third kappa shape index (κ3) is 9.96. The van der Waals surface area contributed by atoms with Crippen LogP contribution in [0.15, 0.2) is 48.2 Å². The Labute approximate surface area is 357 Å². The largest absolute Gasteiger partial charge is 0.463 e. The first kappa shape index (κ1) is 43.5. The highest BCUT2D eigenvalue weighted by molar-refractivity contribution is 5.96. The van der Waals surface area contributed by atoms with Crippen molar-refractivity contribution in [2.75, 3.05) is 39.6 Å². The summed E-state index contributed by atoms with van der Waals surface area (Å²) in [5.41, 5.74) is 3.02. The molecule has 6 heterocycles. The van der Waals surface area contributed by atoms with Crippen molar-refractivity contribution in [3.8, 4) is 0 Å². The van der Waals surface area contributed by atoms with E-state index in [0.29, 0.717) is 131 Å². The van der Waals surface area contributed by atoms with E-state index in [1.165, 1.54) is 0 Å². The zero-order chi connectivity index (χ0) is 42.8. The summed E-state index contributed by atoms with van der Waals surface area (Å²) in [5.74, 6) is 1.95. The van der Waals surface area contributed by atoms with E-state index in [9.17, 15) is 0 Å². The van der Waals surface area contributed by atoms with E-state index in [0.717, 1.165) is 16.7 Å². The van der Waals surface area contributed by atoms with Gasteiger partial charge in [0.15, 0.2) is 0 Å². The van der Waals surface area contributed by atoms with Gasteiger partial charge >= 0.3 is 0 Å². The van der Waals surface area contributed by atoms with Crippen molar-refractivity contribution in [2.24, 2.45) is 65.5 Å². The molecular formula is C45H69N9O6. The summed E-state index contributed by atoms with van der Waals surface area (Å²) in [7, 11) is 0. The summed E-state index contributed by atoms with van der Waals surface area (Å²) in [6.45, 7) is 30.3. The Kier molecular flexibility index (Phi) is 13.5. The lowest BCUT2D eigenvalue weighted by atomic mass is 10.0. The highest BCUT2D eigenvalue weighted by Crippen LogP contribution is 2.28. The quantitative estimate of drug-likeness (QED) is 0.229. The first-order chi connectivity index (χ1) is 28.6. The van der Waals surface area contributed by atoms with Gasteiger partial charge in [-0.3, -0.25) is 0 Å². The Morgan fingerprint density at radius 3 is 0.650 bits per heavy atom. The lowest BCUT2D eigenvalue weighted by molar-refractivity contribution is 0.229. The van der Waals surface area contributed by atoms with Gasteiger partial charge in [0.25, 0.3) is 36.1 Å². The Hall–Kier alpha value is -4.56. The molecule has 0 aliphatic carbocycles. The molecule has 330 valence electrons. The molecule has 0 saturated carbocycles. The molecule has 0 aromatic heterocycles. The number of amidine groups is 6. The first-order valence-corrected chi connectivity index (χ1v) is 22.3. The van der Waals surface area contributed by atoms with Gasteiger partial charge in [-0.25, -0.2) is 44.7 Å². The SMILES string of the molecule is CC(C)[C@H]1COC(N(Cc2cc(CN(C3=N[C@@H](C(C)C)CO3)C3=N[C@@H](C(C)C)CO3)cc(CN(C3=N[C@@H](C(C)C)CO3)C3=N[C@@H](C(C)C)CO3)c2)C2=N[C@@H](C(C)C)CO2)=N1. The van der Waals surface area contributed by atoms with Crippen LogP contribution in [0.2, 0.25) is 0 Å². The lowest BCUT2D eigenvalue weighted by Gasteiger charge is -2.26. The predicted octanol–water partition coefficient (Wildman–Crippen LogP) is 6.56. The van der Waals surface area contributed by atoms with Crippen LogP contribution >= 0.6 is 0 Å². The van der Waals surface area contributed by atoms with Crippen molar-refractivity contribution in [3.63, 3.8) is 0 Å². The predicted molar refractivity (Wildman–Crippen MR) is 235 cm³/mol. The zero-order valence-corrected chi connectivity index (χ0v) is 38.0. The molecule has 0 spiro atoms. The maximum Gasteiger partial charge on any atom is 0.296 e. The Morgan fingerprint density at radius 2 is 0.517 bits per heavy atom. The standard InChI is InChI=1S/C45H69N9O6/c1-25(2)34-19-55-40(46-34)52(41-47-35(20-56-41)26(3)4)16-31-13-32(17-53(42-48-36(21-57-42)27(5)6)43-49-37(22-58-43)28(7)8)15-33(14-31)18-54(44-50-38(23-59-44)29(9)10)45-51-39(24-60-45)30(11)12/h13-15,25-30,34-39H,16-24H2,1-12H3/t34-,35-,36-,37-,38-,39-/m1/s1. The molecule has 0 amide bonds. The number of rotatable bonds is 12. The van der Waals surface area contributed by atoms with Gasteiger partial charge in [0.2, 0.25) is 0 Å². The van der Waals surface area contributed by atoms with Gasteiger partial charge in [0.05, 0.1) is 55.9 Å². The highest BCUT2D eigenvalue weighted by atomic mass is 16.6. The van der Waals surface area contributed by atoms with Crippen molar-refractivity contribution in [2.45, 2.75) is 139 Å². The summed E-state index contributed by atoms with van der Waals surface area (Å²) in [5, 5.41) is 0. The second-order valence-electron chi connectivity index (χ2n) is 19.1. The minimum atomic E-state index is 0.0433. The Balaban J connectivity index is 1.31. The molecule has 7 rings (SSSR count).